The van der Waals surface area contributed by atoms with Gasteiger partial charge in [-0.05, 0) is 103 Å². The maximum Gasteiger partial charge on any atom is 0.329 e. The second-order valence-electron chi connectivity index (χ2n) is 14.1. The Labute approximate surface area is 306 Å². The number of aliphatic carboxylic acids is 1. The number of aliphatic hydroxyl groups is 1. The molecule has 53 heavy (non-hydrogen) atoms. The van der Waals surface area contributed by atoms with Crippen molar-refractivity contribution in [1.29, 1.82) is 0 Å². The predicted molar refractivity (Wildman–Crippen MR) is 191 cm³/mol. The van der Waals surface area contributed by atoms with E-state index in [-0.39, 0.29) is 43.9 Å². The topological polar surface area (TPSA) is 146 Å². The van der Waals surface area contributed by atoms with Crippen LogP contribution < -0.4 is 10.2 Å². The third-order valence-corrected chi connectivity index (χ3v) is 10.1. The second-order valence-corrected chi connectivity index (χ2v) is 14.1. The lowest BCUT2D eigenvalue weighted by molar-refractivity contribution is -0.212. The first-order valence-electron chi connectivity index (χ1n) is 17.5. The van der Waals surface area contributed by atoms with Gasteiger partial charge in [-0.3, -0.25) is 9.59 Å². The highest BCUT2D eigenvalue weighted by molar-refractivity contribution is 6.03. The lowest BCUT2D eigenvalue weighted by atomic mass is 9.78. The van der Waals surface area contributed by atoms with E-state index in [9.17, 15) is 38.5 Å². The molecule has 0 spiro atoms. The van der Waals surface area contributed by atoms with Crippen molar-refractivity contribution in [2.45, 2.75) is 62.3 Å². The lowest BCUT2D eigenvalue weighted by Gasteiger charge is -2.48. The third-order valence-electron chi connectivity index (χ3n) is 10.1. The van der Waals surface area contributed by atoms with E-state index in [2.05, 4.69) is 5.32 Å². The minimum atomic E-state index is -1.60. The van der Waals surface area contributed by atoms with E-state index in [0.717, 1.165) is 11.1 Å². The van der Waals surface area contributed by atoms with Gasteiger partial charge >= 0.3 is 5.97 Å². The van der Waals surface area contributed by atoms with E-state index in [4.69, 9.17) is 9.47 Å². The van der Waals surface area contributed by atoms with Crippen LogP contribution >= 0.6 is 0 Å². The SMILES string of the molecule is CC(Cc1ccc(O)cc1)(NC(=O)COC1(CCc2ccc([C@@H]3[C@@H](CC[C@H](O)c4ccc(F)cc4)C(=O)N3c3ccc(F)cc3)cc2)COC1)C(=O)O. The Bertz CT molecular complexity index is 1900. The van der Waals surface area contributed by atoms with Crippen molar-refractivity contribution in [3.63, 3.8) is 0 Å². The summed E-state index contributed by atoms with van der Waals surface area (Å²) < 4.78 is 38.6. The second kappa shape index (κ2) is 15.8. The van der Waals surface area contributed by atoms with Crippen LogP contribution in [0.5, 0.6) is 5.75 Å². The smallest absolute Gasteiger partial charge is 0.329 e. The Kier molecular flexibility index (Phi) is 11.2. The number of phenolic OH excluding ortho intramolecular Hbond substituents is 1. The zero-order chi connectivity index (χ0) is 37.8. The molecule has 0 radical (unpaired) electrons. The first-order chi connectivity index (χ1) is 25.3. The van der Waals surface area contributed by atoms with Gasteiger partial charge in [-0.1, -0.05) is 48.5 Å². The molecule has 1 unspecified atom stereocenters. The minimum absolute atomic E-state index is 0.00791. The van der Waals surface area contributed by atoms with Gasteiger partial charge in [0.1, 0.15) is 35.1 Å². The summed E-state index contributed by atoms with van der Waals surface area (Å²) in [7, 11) is 0. The molecule has 10 nitrogen and oxygen atoms in total. The van der Waals surface area contributed by atoms with Crippen molar-refractivity contribution in [3.8, 4) is 5.75 Å². The molecule has 2 aliphatic heterocycles. The molecule has 4 atom stereocenters. The number of aryl methyl sites for hydroxylation is 1. The number of aromatic hydroxyl groups is 1. The summed E-state index contributed by atoms with van der Waals surface area (Å²) in [5.41, 5.74) is 1.32. The highest BCUT2D eigenvalue weighted by atomic mass is 19.1. The fourth-order valence-electron chi connectivity index (χ4n) is 6.93. The average molecular weight is 729 g/mol. The number of aliphatic hydroxyl groups excluding tert-OH is 1. The number of anilines is 1. The Morgan fingerprint density at radius 1 is 0.943 bits per heavy atom. The zero-order valence-electron chi connectivity index (χ0n) is 29.2. The third kappa shape index (κ3) is 8.73. The number of β-lactam (4-membered cyclic amide) rings is 1. The van der Waals surface area contributed by atoms with Gasteiger partial charge in [0.2, 0.25) is 11.8 Å². The van der Waals surface area contributed by atoms with Crippen LogP contribution in [0.15, 0.2) is 97.1 Å². The highest BCUT2D eigenvalue weighted by Gasteiger charge is 2.48. The first kappa shape index (κ1) is 37.6. The van der Waals surface area contributed by atoms with E-state index in [1.54, 1.807) is 29.2 Å². The summed E-state index contributed by atoms with van der Waals surface area (Å²) >= 11 is 0. The quantitative estimate of drug-likeness (QED) is 0.106. The number of carbonyl (C=O) groups is 3. The highest BCUT2D eigenvalue weighted by Crippen LogP contribution is 2.46. The van der Waals surface area contributed by atoms with Crippen molar-refractivity contribution in [1.82, 2.24) is 5.32 Å². The molecule has 278 valence electrons. The molecule has 4 aromatic carbocycles. The van der Waals surface area contributed by atoms with Crippen LogP contribution in [0.2, 0.25) is 0 Å². The summed E-state index contributed by atoms with van der Waals surface area (Å²) in [5, 5.41) is 32.8. The maximum atomic E-state index is 13.7. The number of rotatable bonds is 16. The van der Waals surface area contributed by atoms with E-state index in [1.165, 1.54) is 55.5 Å². The molecule has 0 saturated carbocycles. The Morgan fingerprint density at radius 3 is 2.13 bits per heavy atom. The van der Waals surface area contributed by atoms with Crippen molar-refractivity contribution in [3.05, 3.63) is 131 Å². The van der Waals surface area contributed by atoms with E-state index < -0.39 is 46.7 Å². The van der Waals surface area contributed by atoms with Crippen LogP contribution in [0.1, 0.15) is 60.6 Å². The number of hydrogen-bond acceptors (Lipinski definition) is 7. The zero-order valence-corrected chi connectivity index (χ0v) is 29.2. The molecule has 2 saturated heterocycles. The number of hydrogen-bond donors (Lipinski definition) is 4. The van der Waals surface area contributed by atoms with E-state index in [0.29, 0.717) is 42.5 Å². The van der Waals surface area contributed by atoms with Crippen LogP contribution in [0, 0.1) is 17.6 Å². The van der Waals surface area contributed by atoms with Crippen LogP contribution in [0.3, 0.4) is 0 Å². The van der Waals surface area contributed by atoms with Crippen molar-refractivity contribution < 1.29 is 48.0 Å². The number of nitrogens with zero attached hydrogens (tertiary/aromatic N) is 1. The standard InChI is InChI=1S/C41H42F2N2O8/c1-40(39(50)51,22-27-4-16-33(46)17-5-27)44-36(48)23-53-41(24-52-25-41)21-20-26-2-6-29(7-3-26)37-34(18-19-35(47)28-8-10-30(42)11-9-28)38(49)45(37)32-14-12-31(43)13-15-32/h2-17,34-35,37,46-47H,18-25H2,1H3,(H,44,48)(H,50,51)/t34-,35+,37-,40?/m1/s1. The largest absolute Gasteiger partial charge is 0.508 e. The first-order valence-corrected chi connectivity index (χ1v) is 17.5. The fraction of sp³-hybridized carbons (Fsp3) is 0.341. The lowest BCUT2D eigenvalue weighted by Crippen LogP contribution is -2.57. The average Bonchev–Trinajstić information content (AvgIpc) is 3.12. The summed E-state index contributed by atoms with van der Waals surface area (Å²) in [4.78, 5) is 40.1. The van der Waals surface area contributed by atoms with Gasteiger partial charge in [0, 0.05) is 12.1 Å². The molecule has 12 heteroatoms. The van der Waals surface area contributed by atoms with E-state index >= 15 is 0 Å². The monoisotopic (exact) mass is 728 g/mol. The predicted octanol–water partition coefficient (Wildman–Crippen LogP) is 5.81. The number of ether oxygens (including phenoxy) is 2. The van der Waals surface area contributed by atoms with E-state index in [1.807, 2.05) is 24.3 Å². The minimum Gasteiger partial charge on any atom is -0.508 e. The molecule has 4 aromatic rings. The molecule has 2 amide bonds. The molecule has 0 bridgehead atoms. The van der Waals surface area contributed by atoms with Gasteiger partial charge in [-0.15, -0.1) is 0 Å². The number of phenols is 1. The van der Waals surface area contributed by atoms with Crippen LogP contribution in [0.4, 0.5) is 14.5 Å². The summed E-state index contributed by atoms with van der Waals surface area (Å²) in [6.07, 6.45) is 0.957. The molecular formula is C41H42F2N2O8. The fourth-order valence-corrected chi connectivity index (χ4v) is 6.93. The molecule has 2 heterocycles. The molecular weight excluding hydrogens is 686 g/mol. The molecule has 0 aliphatic carbocycles. The number of halogens is 2. The Morgan fingerprint density at radius 2 is 1.55 bits per heavy atom. The number of carboxylic acids is 1. The molecule has 6 rings (SSSR count). The van der Waals surface area contributed by atoms with Gasteiger partial charge < -0.3 is 35.0 Å². The van der Waals surface area contributed by atoms with Crippen molar-refractivity contribution in [2.75, 3.05) is 24.7 Å². The maximum absolute atomic E-state index is 13.7. The summed E-state index contributed by atoms with van der Waals surface area (Å²) in [6.45, 7) is 1.63. The normalized spacial score (nSPS) is 19.4. The van der Waals surface area contributed by atoms with Gasteiger partial charge in [0.05, 0.1) is 31.3 Å². The summed E-state index contributed by atoms with van der Waals surface area (Å²) in [5.74, 6) is -3.10. The number of carboxylic acid groups (broad SMARTS) is 1. The van der Waals surface area contributed by atoms with Crippen LogP contribution in [-0.4, -0.2) is 64.1 Å². The van der Waals surface area contributed by atoms with Crippen molar-refractivity contribution in [2.24, 2.45) is 5.92 Å². The molecule has 2 fully saturated rings. The van der Waals surface area contributed by atoms with Gasteiger partial charge in [0.15, 0.2) is 0 Å². The van der Waals surface area contributed by atoms with Crippen molar-refractivity contribution >= 4 is 23.5 Å². The molecule has 2 aliphatic rings. The molecule has 0 aromatic heterocycles. The van der Waals surface area contributed by atoms with Gasteiger partial charge in [0.25, 0.3) is 0 Å². The summed E-state index contributed by atoms with van der Waals surface area (Å²) in [6, 6.07) is 25.0. The van der Waals surface area contributed by atoms with Crippen LogP contribution in [0.25, 0.3) is 0 Å². The number of nitrogens with one attached hydrogen (secondary N) is 1. The number of carbonyl (C=O) groups excluding carboxylic acids is 2. The molecule has 4 N–H and O–H groups in total. The number of benzene rings is 4. The Hall–Kier alpha value is -5.17. The van der Waals surface area contributed by atoms with Gasteiger partial charge in [-0.25, -0.2) is 13.6 Å². The van der Waals surface area contributed by atoms with Crippen LogP contribution in [-0.2, 0) is 36.7 Å². The Balaban J connectivity index is 1.07. The number of amides is 2. The van der Waals surface area contributed by atoms with Gasteiger partial charge in [-0.2, -0.15) is 0 Å².